The van der Waals surface area contributed by atoms with Crippen molar-refractivity contribution in [2.45, 2.75) is 30.2 Å². The molecule has 0 atom stereocenters. The van der Waals surface area contributed by atoms with Crippen LogP contribution >= 0.6 is 0 Å². The summed E-state index contributed by atoms with van der Waals surface area (Å²) < 4.78 is 87.7. The molecule has 0 aliphatic rings. The largest absolute Gasteiger partial charge is 0.324 e. The lowest BCUT2D eigenvalue weighted by Crippen LogP contribution is -2.14. The molecule has 0 aliphatic heterocycles. The van der Waals surface area contributed by atoms with E-state index in [0.717, 1.165) is 6.92 Å². The summed E-state index contributed by atoms with van der Waals surface area (Å²) in [5.74, 6) is -6.07. The van der Waals surface area contributed by atoms with E-state index in [4.69, 9.17) is 0 Å². The molecule has 1 amide bonds. The Hall–Kier alpha value is -4.06. The van der Waals surface area contributed by atoms with Crippen molar-refractivity contribution in [1.29, 1.82) is 0 Å². The van der Waals surface area contributed by atoms with Gasteiger partial charge in [0.25, 0.3) is 0 Å². The van der Waals surface area contributed by atoms with Crippen LogP contribution in [0.5, 0.6) is 0 Å². The molecule has 0 bridgehead atoms. The molecule has 12 heteroatoms. The van der Waals surface area contributed by atoms with Crippen LogP contribution in [0.4, 0.5) is 23.2 Å². The molecule has 2 aromatic heterocycles. The summed E-state index contributed by atoms with van der Waals surface area (Å²) in [4.78, 5) is 13.3. The summed E-state index contributed by atoms with van der Waals surface area (Å²) in [6.45, 7) is 3.08. The van der Waals surface area contributed by atoms with Gasteiger partial charge >= 0.3 is 0 Å². The summed E-state index contributed by atoms with van der Waals surface area (Å²) in [6, 6.07) is 5.31. The molecule has 0 fully saturated rings. The molecule has 0 saturated carbocycles. The number of anilines is 1. The van der Waals surface area contributed by atoms with E-state index in [0.29, 0.717) is 36.4 Å². The van der Waals surface area contributed by atoms with Gasteiger partial charge < -0.3 is 5.32 Å². The lowest BCUT2D eigenvalue weighted by Gasteiger charge is -2.15. The molecule has 0 spiro atoms. The van der Waals surface area contributed by atoms with Crippen LogP contribution in [0.15, 0.2) is 64.8 Å². The summed E-state index contributed by atoms with van der Waals surface area (Å²) in [5, 5.41) is 6.34. The zero-order chi connectivity index (χ0) is 26.2. The maximum atomic E-state index is 15.9. The van der Waals surface area contributed by atoms with Gasteiger partial charge in [-0.25, -0.2) is 26.0 Å². The van der Waals surface area contributed by atoms with Crippen molar-refractivity contribution in [3.8, 4) is 22.4 Å². The Balaban J connectivity index is 2.08. The van der Waals surface area contributed by atoms with Crippen LogP contribution in [0.1, 0.15) is 13.8 Å². The molecule has 2 aromatic carbocycles. The van der Waals surface area contributed by atoms with E-state index in [-0.39, 0.29) is 11.3 Å². The number of aryl methyl sites for hydroxylation is 1. The molecule has 0 radical (unpaired) electrons. The Labute approximate surface area is 203 Å². The van der Waals surface area contributed by atoms with E-state index < -0.39 is 60.1 Å². The number of nitrogens with one attached hydrogen (secondary N) is 1. The minimum absolute atomic E-state index is 0.248. The second-order valence-electron chi connectivity index (χ2n) is 7.67. The normalized spacial score (nSPS) is 11.5. The number of carbonyl (C=O) groups is 1. The number of benzene rings is 2. The number of aromatic nitrogens is 3. The van der Waals surface area contributed by atoms with Gasteiger partial charge in [-0.2, -0.15) is 5.10 Å². The second-order valence-corrected chi connectivity index (χ2v) is 9.55. The highest BCUT2D eigenvalue weighted by Crippen LogP contribution is 2.40. The van der Waals surface area contributed by atoms with E-state index in [9.17, 15) is 22.0 Å². The molecular formula is C24H18F4N4O3S. The second kappa shape index (κ2) is 9.53. The Morgan fingerprint density at radius 2 is 1.69 bits per heavy atom. The Bertz CT molecular complexity index is 1590. The summed E-state index contributed by atoms with van der Waals surface area (Å²) in [6.07, 6.45) is 4.41. The third-order valence-corrected chi connectivity index (χ3v) is 7.03. The van der Waals surface area contributed by atoms with Crippen molar-refractivity contribution >= 4 is 21.4 Å². The zero-order valence-corrected chi connectivity index (χ0v) is 19.7. The number of hydrogen-bond acceptors (Lipinski definition) is 5. The third kappa shape index (κ3) is 4.47. The van der Waals surface area contributed by atoms with Gasteiger partial charge in [-0.05, 0) is 48.9 Å². The van der Waals surface area contributed by atoms with Crippen LogP contribution in [-0.2, 0) is 21.2 Å². The monoisotopic (exact) mass is 518 g/mol. The van der Waals surface area contributed by atoms with Gasteiger partial charge in [0.1, 0.15) is 27.1 Å². The van der Waals surface area contributed by atoms with Gasteiger partial charge in [-0.15, -0.1) is 0 Å². The molecule has 4 aromatic rings. The number of rotatable bonds is 6. The van der Waals surface area contributed by atoms with Crippen LogP contribution in [0.3, 0.4) is 0 Å². The van der Waals surface area contributed by atoms with Gasteiger partial charge in [0.15, 0.2) is 11.6 Å². The molecule has 2 heterocycles. The topological polar surface area (TPSA) is 94.0 Å². The van der Waals surface area contributed by atoms with E-state index in [1.54, 1.807) is 19.1 Å². The molecule has 0 unspecified atom stereocenters. The number of halogens is 4. The zero-order valence-electron chi connectivity index (χ0n) is 18.9. The quantitative estimate of drug-likeness (QED) is 0.287. The molecule has 0 aliphatic carbocycles. The smallest absolute Gasteiger partial charge is 0.221 e. The van der Waals surface area contributed by atoms with Crippen LogP contribution in [-0.4, -0.2) is 29.1 Å². The Morgan fingerprint density at radius 1 is 1.00 bits per heavy atom. The predicted molar refractivity (Wildman–Crippen MR) is 123 cm³/mol. The molecule has 186 valence electrons. The van der Waals surface area contributed by atoms with Crippen LogP contribution in [0.2, 0.25) is 0 Å². The first-order valence-corrected chi connectivity index (χ1v) is 12.0. The lowest BCUT2D eigenvalue weighted by atomic mass is 10.0. The summed E-state index contributed by atoms with van der Waals surface area (Å²) in [5.41, 5.74) is -1.08. The maximum absolute atomic E-state index is 15.9. The van der Waals surface area contributed by atoms with Crippen molar-refractivity contribution in [3.63, 3.8) is 0 Å². The van der Waals surface area contributed by atoms with Gasteiger partial charge in [0.05, 0.1) is 11.3 Å². The fourth-order valence-electron chi connectivity index (χ4n) is 3.61. The summed E-state index contributed by atoms with van der Waals surface area (Å²) >= 11 is 0. The fourth-order valence-corrected chi connectivity index (χ4v) is 5.05. The molecular weight excluding hydrogens is 500 g/mol. The highest BCUT2D eigenvalue weighted by atomic mass is 32.2. The third-order valence-electron chi connectivity index (χ3n) is 5.26. The number of sulfone groups is 1. The van der Waals surface area contributed by atoms with E-state index >= 15 is 8.78 Å². The fraction of sp³-hybridized carbons (Fsp3) is 0.125. The van der Waals surface area contributed by atoms with Crippen molar-refractivity contribution in [2.24, 2.45) is 0 Å². The van der Waals surface area contributed by atoms with E-state index in [1.807, 2.05) is 0 Å². The predicted octanol–water partition coefficient (Wildman–Crippen LogP) is 4.98. The van der Waals surface area contributed by atoms with Crippen LogP contribution in [0, 0.1) is 23.3 Å². The Kier molecular flexibility index (Phi) is 6.63. The number of nitrogens with zero attached hydrogens (tertiary/aromatic N) is 3. The lowest BCUT2D eigenvalue weighted by molar-refractivity contribution is -0.114. The number of hydrogen-bond donors (Lipinski definition) is 1. The van der Waals surface area contributed by atoms with Crippen molar-refractivity contribution in [1.82, 2.24) is 14.8 Å². The average Bonchev–Trinajstić information content (AvgIpc) is 3.26. The molecule has 0 saturated heterocycles. The highest BCUT2D eigenvalue weighted by molar-refractivity contribution is 7.91. The molecule has 4 rings (SSSR count). The number of pyridine rings is 1. The van der Waals surface area contributed by atoms with Crippen molar-refractivity contribution in [2.75, 3.05) is 5.32 Å². The maximum Gasteiger partial charge on any atom is 0.221 e. The van der Waals surface area contributed by atoms with Crippen LogP contribution in [0.25, 0.3) is 22.4 Å². The molecule has 1 N–H and O–H groups in total. The van der Waals surface area contributed by atoms with E-state index in [1.165, 1.54) is 23.3 Å². The van der Waals surface area contributed by atoms with Crippen LogP contribution < -0.4 is 5.32 Å². The number of carbonyl (C=O) groups excluding carboxylic acids is 1. The van der Waals surface area contributed by atoms with Gasteiger partial charge in [0, 0.05) is 37.6 Å². The number of amides is 1. The minimum atomic E-state index is -5.06. The first-order valence-electron chi connectivity index (χ1n) is 10.5. The highest BCUT2D eigenvalue weighted by Gasteiger charge is 2.33. The van der Waals surface area contributed by atoms with Gasteiger partial charge in [0.2, 0.25) is 15.7 Å². The molecule has 7 nitrogen and oxygen atoms in total. The Morgan fingerprint density at radius 3 is 2.33 bits per heavy atom. The first-order chi connectivity index (χ1) is 17.0. The first kappa shape index (κ1) is 25.0. The van der Waals surface area contributed by atoms with Crippen molar-refractivity contribution < 1.29 is 30.8 Å². The summed E-state index contributed by atoms with van der Waals surface area (Å²) in [7, 11) is -5.06. The van der Waals surface area contributed by atoms with Gasteiger partial charge in [-0.3, -0.25) is 14.5 Å². The van der Waals surface area contributed by atoms with Gasteiger partial charge in [-0.1, -0.05) is 0 Å². The van der Waals surface area contributed by atoms with Crippen molar-refractivity contribution in [3.05, 3.63) is 78.3 Å². The minimum Gasteiger partial charge on any atom is -0.324 e. The average molecular weight is 518 g/mol. The SMILES string of the molecule is CCn1cc(-c2ccncc2)c(-c2c(F)c(NC(C)=O)cc(S(=O)(=O)c3cc(F)ccc3F)c2F)n1. The molecule has 36 heavy (non-hydrogen) atoms. The standard InChI is InChI=1S/C24H18F4N4O3S/c1-3-32-12-16(14-6-8-29-9-7-14)24(31-32)21-22(27)18(30-13(2)33)11-20(23(21)28)36(34,35)19-10-15(25)4-5-17(19)26/h4-12H,3H2,1-2H3,(H,30,33). The van der Waals surface area contributed by atoms with E-state index in [2.05, 4.69) is 15.4 Å².